The summed E-state index contributed by atoms with van der Waals surface area (Å²) in [7, 11) is 1.90. The van der Waals surface area contributed by atoms with E-state index in [2.05, 4.69) is 15.4 Å². The van der Waals surface area contributed by atoms with Gasteiger partial charge in [0.1, 0.15) is 0 Å². The van der Waals surface area contributed by atoms with Crippen molar-refractivity contribution in [1.82, 2.24) is 14.8 Å². The zero-order chi connectivity index (χ0) is 13.1. The predicted octanol–water partition coefficient (Wildman–Crippen LogP) is 2.98. The molecule has 19 heavy (non-hydrogen) atoms. The van der Waals surface area contributed by atoms with Crippen molar-refractivity contribution in [3.05, 3.63) is 60.9 Å². The molecule has 3 rings (SSSR count). The van der Waals surface area contributed by atoms with E-state index in [1.54, 1.807) is 12.4 Å². The van der Waals surface area contributed by atoms with Crippen LogP contribution in [0, 0.1) is 0 Å². The minimum Gasteiger partial charge on any atom is -0.388 e. The maximum absolute atomic E-state index is 4.42. The van der Waals surface area contributed by atoms with Gasteiger partial charge in [-0.05, 0) is 30.3 Å². The molecule has 4 nitrogen and oxygen atoms in total. The lowest BCUT2D eigenvalue weighted by molar-refractivity contribution is 0.884. The minimum absolute atomic E-state index is 0.896. The van der Waals surface area contributed by atoms with Gasteiger partial charge in [0.25, 0.3) is 0 Å². The van der Waals surface area contributed by atoms with E-state index in [9.17, 15) is 0 Å². The standard InChI is InChI=1S/C15H14N4/c1-16-12-7-9-17-14(11-12)15-8-10-18-19(15)13-5-3-2-4-6-13/h2-11H,1H3,(H,16,17). The van der Waals surface area contributed by atoms with E-state index in [4.69, 9.17) is 0 Å². The first kappa shape index (κ1) is 11.5. The van der Waals surface area contributed by atoms with Gasteiger partial charge in [-0.25, -0.2) is 4.68 Å². The Morgan fingerprint density at radius 2 is 1.84 bits per heavy atom. The van der Waals surface area contributed by atoms with E-state index in [0.717, 1.165) is 22.8 Å². The molecule has 0 unspecified atom stereocenters. The summed E-state index contributed by atoms with van der Waals surface area (Å²) in [6, 6.07) is 16.0. The van der Waals surface area contributed by atoms with Crippen LogP contribution in [-0.2, 0) is 0 Å². The van der Waals surface area contributed by atoms with Gasteiger partial charge in [0.05, 0.1) is 23.3 Å². The van der Waals surface area contributed by atoms with Gasteiger partial charge in [-0.15, -0.1) is 0 Å². The summed E-state index contributed by atoms with van der Waals surface area (Å²) >= 11 is 0. The first-order valence-electron chi connectivity index (χ1n) is 6.12. The molecule has 0 aliphatic rings. The summed E-state index contributed by atoms with van der Waals surface area (Å²) in [6.45, 7) is 0. The van der Waals surface area contributed by atoms with Gasteiger partial charge in [0.2, 0.25) is 0 Å². The molecule has 0 saturated carbocycles. The highest BCUT2D eigenvalue weighted by Gasteiger charge is 2.08. The lowest BCUT2D eigenvalue weighted by atomic mass is 10.2. The third kappa shape index (κ3) is 2.20. The second kappa shape index (κ2) is 4.94. The molecule has 0 bridgehead atoms. The summed E-state index contributed by atoms with van der Waals surface area (Å²) in [5.41, 5.74) is 3.93. The molecule has 0 radical (unpaired) electrons. The molecule has 4 heteroatoms. The molecule has 0 saturated heterocycles. The summed E-state index contributed by atoms with van der Waals surface area (Å²) in [6.07, 6.45) is 3.58. The third-order valence-electron chi connectivity index (χ3n) is 2.95. The fraction of sp³-hybridized carbons (Fsp3) is 0.0667. The van der Waals surface area contributed by atoms with E-state index in [1.165, 1.54) is 0 Å². The summed E-state index contributed by atoms with van der Waals surface area (Å²) in [5.74, 6) is 0. The molecular weight excluding hydrogens is 236 g/mol. The number of hydrogen-bond acceptors (Lipinski definition) is 3. The quantitative estimate of drug-likeness (QED) is 0.777. The average Bonchev–Trinajstić information content (AvgIpc) is 2.98. The Labute approximate surface area is 111 Å². The third-order valence-corrected chi connectivity index (χ3v) is 2.95. The molecule has 94 valence electrons. The number of nitrogens with zero attached hydrogens (tertiary/aromatic N) is 3. The largest absolute Gasteiger partial charge is 0.388 e. The lowest BCUT2D eigenvalue weighted by Crippen LogP contribution is -2.00. The van der Waals surface area contributed by atoms with Gasteiger partial charge in [-0.2, -0.15) is 5.10 Å². The highest BCUT2D eigenvalue weighted by atomic mass is 15.3. The maximum Gasteiger partial charge on any atom is 0.0925 e. The van der Waals surface area contributed by atoms with E-state index >= 15 is 0 Å². The van der Waals surface area contributed by atoms with Gasteiger partial charge in [0.15, 0.2) is 0 Å². The van der Waals surface area contributed by atoms with Crippen molar-refractivity contribution < 1.29 is 0 Å². The number of pyridine rings is 1. The molecule has 1 aromatic carbocycles. The van der Waals surface area contributed by atoms with Crippen LogP contribution in [0.4, 0.5) is 5.69 Å². The van der Waals surface area contributed by atoms with Crippen molar-refractivity contribution in [3.8, 4) is 17.1 Å². The average molecular weight is 250 g/mol. The number of anilines is 1. The summed E-state index contributed by atoms with van der Waals surface area (Å²) < 4.78 is 1.89. The highest BCUT2D eigenvalue weighted by molar-refractivity contribution is 5.62. The topological polar surface area (TPSA) is 42.7 Å². The second-order valence-corrected chi connectivity index (χ2v) is 4.14. The minimum atomic E-state index is 0.896. The number of rotatable bonds is 3. The van der Waals surface area contributed by atoms with E-state index < -0.39 is 0 Å². The van der Waals surface area contributed by atoms with Crippen LogP contribution in [0.2, 0.25) is 0 Å². The van der Waals surface area contributed by atoms with E-state index in [-0.39, 0.29) is 0 Å². The Morgan fingerprint density at radius 1 is 1.00 bits per heavy atom. The molecule has 2 aromatic heterocycles. The summed E-state index contributed by atoms with van der Waals surface area (Å²) in [4.78, 5) is 4.42. The zero-order valence-electron chi connectivity index (χ0n) is 10.6. The predicted molar refractivity (Wildman–Crippen MR) is 76.3 cm³/mol. The number of nitrogens with one attached hydrogen (secondary N) is 1. The van der Waals surface area contributed by atoms with Crippen molar-refractivity contribution in [2.24, 2.45) is 0 Å². The molecule has 3 aromatic rings. The lowest BCUT2D eigenvalue weighted by Gasteiger charge is -2.08. The van der Waals surface area contributed by atoms with Crippen molar-refractivity contribution in [3.63, 3.8) is 0 Å². The van der Waals surface area contributed by atoms with Gasteiger partial charge in [-0.1, -0.05) is 18.2 Å². The van der Waals surface area contributed by atoms with Crippen LogP contribution in [-0.4, -0.2) is 21.8 Å². The molecule has 1 N–H and O–H groups in total. The Balaban J connectivity index is 2.09. The molecule has 0 amide bonds. The van der Waals surface area contributed by atoms with Crippen LogP contribution in [0.25, 0.3) is 17.1 Å². The van der Waals surface area contributed by atoms with Crippen molar-refractivity contribution >= 4 is 5.69 Å². The maximum atomic E-state index is 4.42. The van der Waals surface area contributed by atoms with Crippen LogP contribution in [0.3, 0.4) is 0 Å². The number of hydrogen-bond donors (Lipinski definition) is 1. The van der Waals surface area contributed by atoms with Crippen LogP contribution in [0.5, 0.6) is 0 Å². The SMILES string of the molecule is CNc1ccnc(-c2ccnn2-c2ccccc2)c1. The van der Waals surface area contributed by atoms with Gasteiger partial charge < -0.3 is 5.32 Å². The number of para-hydroxylation sites is 1. The normalized spacial score (nSPS) is 10.4. The first-order chi connectivity index (χ1) is 9.38. The Hall–Kier alpha value is -2.62. The zero-order valence-corrected chi connectivity index (χ0v) is 10.6. The van der Waals surface area contributed by atoms with Crippen LogP contribution < -0.4 is 5.32 Å². The monoisotopic (exact) mass is 250 g/mol. The molecule has 0 aliphatic carbocycles. The van der Waals surface area contributed by atoms with Crippen molar-refractivity contribution in [2.75, 3.05) is 12.4 Å². The van der Waals surface area contributed by atoms with Crippen LogP contribution >= 0.6 is 0 Å². The molecule has 2 heterocycles. The molecule has 0 spiro atoms. The number of benzene rings is 1. The van der Waals surface area contributed by atoms with Gasteiger partial charge in [-0.3, -0.25) is 4.98 Å². The van der Waals surface area contributed by atoms with E-state index in [0.29, 0.717) is 0 Å². The van der Waals surface area contributed by atoms with Crippen LogP contribution in [0.15, 0.2) is 60.9 Å². The summed E-state index contributed by atoms with van der Waals surface area (Å²) in [5, 5.41) is 7.49. The Morgan fingerprint density at radius 3 is 2.63 bits per heavy atom. The van der Waals surface area contributed by atoms with Crippen molar-refractivity contribution in [2.45, 2.75) is 0 Å². The fourth-order valence-electron chi connectivity index (χ4n) is 2.00. The second-order valence-electron chi connectivity index (χ2n) is 4.14. The van der Waals surface area contributed by atoms with Gasteiger partial charge in [0, 0.05) is 18.9 Å². The van der Waals surface area contributed by atoms with Crippen molar-refractivity contribution in [1.29, 1.82) is 0 Å². The Bertz CT molecular complexity index is 673. The van der Waals surface area contributed by atoms with Gasteiger partial charge >= 0.3 is 0 Å². The smallest absolute Gasteiger partial charge is 0.0925 e. The first-order valence-corrected chi connectivity index (χ1v) is 6.12. The van der Waals surface area contributed by atoms with Crippen LogP contribution in [0.1, 0.15) is 0 Å². The molecule has 0 fully saturated rings. The fourth-order valence-corrected chi connectivity index (χ4v) is 2.00. The highest BCUT2D eigenvalue weighted by Crippen LogP contribution is 2.22. The van der Waals surface area contributed by atoms with E-state index in [1.807, 2.05) is 60.3 Å². The molecule has 0 aliphatic heterocycles. The Kier molecular flexibility index (Phi) is 2.98. The molecular formula is C15H14N4. The molecule has 0 atom stereocenters. The number of aromatic nitrogens is 3.